The van der Waals surface area contributed by atoms with Crippen LogP contribution in [0.1, 0.15) is 18.3 Å². The third kappa shape index (κ3) is 3.08. The van der Waals surface area contributed by atoms with E-state index in [2.05, 4.69) is 9.97 Å². The van der Waals surface area contributed by atoms with Gasteiger partial charge in [-0.15, -0.1) is 0 Å². The molecule has 2 rings (SSSR count). The predicted molar refractivity (Wildman–Crippen MR) is 77.1 cm³/mol. The lowest BCUT2D eigenvalue weighted by Crippen LogP contribution is -2.04. The lowest BCUT2D eigenvalue weighted by Gasteiger charge is -2.11. The van der Waals surface area contributed by atoms with E-state index in [0.29, 0.717) is 45.3 Å². The molecule has 19 heavy (non-hydrogen) atoms. The molecule has 6 heteroatoms. The molecule has 0 unspecified atom stereocenters. The van der Waals surface area contributed by atoms with Gasteiger partial charge in [0, 0.05) is 17.5 Å². The third-order valence-corrected chi connectivity index (χ3v) is 3.15. The summed E-state index contributed by atoms with van der Waals surface area (Å²) in [6.07, 6.45) is 0.671. The summed E-state index contributed by atoms with van der Waals surface area (Å²) in [5, 5.41) is 0.994. The molecular weight excluding hydrogens is 285 g/mol. The monoisotopic (exact) mass is 297 g/mol. The maximum atomic E-state index is 6.05. The fraction of sp³-hybridized carbons (Fsp3) is 0.231. The summed E-state index contributed by atoms with van der Waals surface area (Å²) in [6, 6.07) is 4.99. The Morgan fingerprint density at radius 3 is 2.68 bits per heavy atom. The second-order valence-corrected chi connectivity index (χ2v) is 4.83. The summed E-state index contributed by atoms with van der Waals surface area (Å²) in [6.45, 7) is 3.74. The van der Waals surface area contributed by atoms with Crippen molar-refractivity contribution in [1.82, 2.24) is 9.97 Å². The molecule has 0 bridgehead atoms. The van der Waals surface area contributed by atoms with Crippen LogP contribution in [0.3, 0.4) is 0 Å². The largest absolute Gasteiger partial charge is 0.437 e. The standard InChI is InChI=1S/C13H13Cl2N3O/c1-3-11-17-12(16)7(2)13(18-11)19-10-6-8(14)4-5-9(10)15/h4-6H,3H2,1-2H3,(H2,16,17,18). The van der Waals surface area contributed by atoms with Gasteiger partial charge in [-0.2, -0.15) is 4.98 Å². The number of nitrogens with two attached hydrogens (primary N) is 1. The van der Waals surface area contributed by atoms with Gasteiger partial charge in [0.05, 0.1) is 10.6 Å². The highest BCUT2D eigenvalue weighted by molar-refractivity contribution is 6.34. The summed E-state index contributed by atoms with van der Waals surface area (Å²) >= 11 is 12.0. The normalized spacial score (nSPS) is 10.5. The van der Waals surface area contributed by atoms with Gasteiger partial charge in [0.2, 0.25) is 5.88 Å². The number of nitrogen functional groups attached to an aromatic ring is 1. The van der Waals surface area contributed by atoms with E-state index >= 15 is 0 Å². The number of anilines is 1. The van der Waals surface area contributed by atoms with Crippen molar-refractivity contribution in [3.63, 3.8) is 0 Å². The molecule has 0 spiro atoms. The van der Waals surface area contributed by atoms with E-state index in [0.717, 1.165) is 0 Å². The van der Waals surface area contributed by atoms with Crippen LogP contribution in [0.5, 0.6) is 11.6 Å². The second kappa shape index (κ2) is 5.63. The van der Waals surface area contributed by atoms with Crippen molar-refractivity contribution in [2.75, 3.05) is 5.73 Å². The van der Waals surface area contributed by atoms with Crippen LogP contribution in [0, 0.1) is 6.92 Å². The zero-order valence-corrected chi connectivity index (χ0v) is 12.1. The summed E-state index contributed by atoms with van der Waals surface area (Å²) in [7, 11) is 0. The van der Waals surface area contributed by atoms with E-state index in [4.69, 9.17) is 33.7 Å². The minimum atomic E-state index is 0.397. The van der Waals surface area contributed by atoms with Crippen LogP contribution >= 0.6 is 23.2 Å². The summed E-state index contributed by atoms with van der Waals surface area (Å²) in [5.41, 5.74) is 6.50. The first-order chi connectivity index (χ1) is 9.01. The second-order valence-electron chi connectivity index (χ2n) is 3.99. The molecule has 1 aromatic heterocycles. The topological polar surface area (TPSA) is 61.0 Å². The smallest absolute Gasteiger partial charge is 0.227 e. The molecule has 0 radical (unpaired) electrons. The highest BCUT2D eigenvalue weighted by Crippen LogP contribution is 2.33. The van der Waals surface area contributed by atoms with Gasteiger partial charge in [0.1, 0.15) is 17.4 Å². The van der Waals surface area contributed by atoms with Gasteiger partial charge in [-0.1, -0.05) is 30.1 Å². The van der Waals surface area contributed by atoms with Crippen molar-refractivity contribution in [1.29, 1.82) is 0 Å². The van der Waals surface area contributed by atoms with Crippen molar-refractivity contribution < 1.29 is 4.74 Å². The lowest BCUT2D eigenvalue weighted by molar-refractivity contribution is 0.455. The van der Waals surface area contributed by atoms with Gasteiger partial charge < -0.3 is 10.5 Å². The van der Waals surface area contributed by atoms with Crippen LogP contribution in [-0.4, -0.2) is 9.97 Å². The molecule has 0 atom stereocenters. The minimum absolute atomic E-state index is 0.397. The summed E-state index contributed by atoms with van der Waals surface area (Å²) in [4.78, 5) is 8.46. The Hall–Kier alpha value is -1.52. The fourth-order valence-electron chi connectivity index (χ4n) is 1.48. The Labute approximate surface area is 121 Å². The molecular formula is C13H13Cl2N3O. The van der Waals surface area contributed by atoms with Crippen LogP contribution in [0.4, 0.5) is 5.82 Å². The molecule has 4 nitrogen and oxygen atoms in total. The van der Waals surface area contributed by atoms with Crippen LogP contribution in [0.25, 0.3) is 0 Å². The molecule has 1 heterocycles. The van der Waals surface area contributed by atoms with E-state index in [1.165, 1.54) is 0 Å². The number of nitrogens with zero attached hydrogens (tertiary/aromatic N) is 2. The first-order valence-corrected chi connectivity index (χ1v) is 6.52. The molecule has 0 aliphatic rings. The number of benzene rings is 1. The van der Waals surface area contributed by atoms with Crippen molar-refractivity contribution in [2.45, 2.75) is 20.3 Å². The molecule has 0 amide bonds. The zero-order chi connectivity index (χ0) is 14.0. The molecule has 2 aromatic rings. The van der Waals surface area contributed by atoms with Crippen molar-refractivity contribution >= 4 is 29.0 Å². The third-order valence-electron chi connectivity index (χ3n) is 2.60. The molecule has 0 saturated carbocycles. The SMILES string of the molecule is CCc1nc(N)c(C)c(Oc2cc(Cl)ccc2Cl)n1. The maximum absolute atomic E-state index is 6.05. The molecule has 2 N–H and O–H groups in total. The van der Waals surface area contributed by atoms with Gasteiger partial charge >= 0.3 is 0 Å². The van der Waals surface area contributed by atoms with E-state index in [1.807, 2.05) is 6.92 Å². The average Bonchev–Trinajstić information content (AvgIpc) is 2.38. The van der Waals surface area contributed by atoms with Crippen LogP contribution in [0.2, 0.25) is 10.0 Å². The Balaban J connectivity index is 2.42. The van der Waals surface area contributed by atoms with Crippen LogP contribution in [0.15, 0.2) is 18.2 Å². The zero-order valence-electron chi connectivity index (χ0n) is 10.6. The fourth-order valence-corrected chi connectivity index (χ4v) is 1.79. The predicted octanol–water partition coefficient (Wildman–Crippen LogP) is 4.03. The number of hydrogen-bond donors (Lipinski definition) is 1. The summed E-state index contributed by atoms with van der Waals surface area (Å²) in [5.74, 6) is 1.86. The van der Waals surface area contributed by atoms with Gasteiger partial charge in [0.25, 0.3) is 0 Å². The molecule has 0 aliphatic carbocycles. The Morgan fingerprint density at radius 1 is 1.26 bits per heavy atom. The van der Waals surface area contributed by atoms with E-state index in [9.17, 15) is 0 Å². The van der Waals surface area contributed by atoms with Crippen molar-refractivity contribution in [3.05, 3.63) is 39.6 Å². The minimum Gasteiger partial charge on any atom is -0.437 e. The number of rotatable bonds is 3. The lowest BCUT2D eigenvalue weighted by atomic mass is 10.3. The van der Waals surface area contributed by atoms with Gasteiger partial charge in [0.15, 0.2) is 0 Å². The molecule has 0 saturated heterocycles. The number of aryl methyl sites for hydroxylation is 1. The maximum Gasteiger partial charge on any atom is 0.227 e. The van der Waals surface area contributed by atoms with E-state index < -0.39 is 0 Å². The Bertz CT molecular complexity index is 617. The van der Waals surface area contributed by atoms with Crippen LogP contribution < -0.4 is 10.5 Å². The molecule has 1 aromatic carbocycles. The van der Waals surface area contributed by atoms with Gasteiger partial charge in [-0.25, -0.2) is 4.98 Å². The Kier molecular flexibility index (Phi) is 4.12. The van der Waals surface area contributed by atoms with E-state index in [1.54, 1.807) is 25.1 Å². The molecule has 0 fully saturated rings. The first kappa shape index (κ1) is 13.9. The molecule has 100 valence electrons. The van der Waals surface area contributed by atoms with Crippen LogP contribution in [-0.2, 0) is 6.42 Å². The van der Waals surface area contributed by atoms with Gasteiger partial charge in [-0.3, -0.25) is 0 Å². The Morgan fingerprint density at radius 2 is 2.00 bits per heavy atom. The number of aromatic nitrogens is 2. The van der Waals surface area contributed by atoms with Gasteiger partial charge in [-0.05, 0) is 19.1 Å². The van der Waals surface area contributed by atoms with Crippen molar-refractivity contribution in [2.24, 2.45) is 0 Å². The summed E-state index contributed by atoms with van der Waals surface area (Å²) < 4.78 is 5.70. The number of ether oxygens (including phenoxy) is 1. The highest BCUT2D eigenvalue weighted by atomic mass is 35.5. The van der Waals surface area contributed by atoms with Crippen molar-refractivity contribution in [3.8, 4) is 11.6 Å². The average molecular weight is 298 g/mol. The number of halogens is 2. The first-order valence-electron chi connectivity index (χ1n) is 5.77. The number of hydrogen-bond acceptors (Lipinski definition) is 4. The van der Waals surface area contributed by atoms with E-state index in [-0.39, 0.29) is 0 Å². The molecule has 0 aliphatic heterocycles. The quantitative estimate of drug-likeness (QED) is 0.929. The highest BCUT2D eigenvalue weighted by Gasteiger charge is 2.12.